The Morgan fingerprint density at radius 3 is 2.68 bits per heavy atom. The number of fused-ring (bicyclic) bond motifs is 1. The van der Waals surface area contributed by atoms with Crippen LogP contribution in [-0.4, -0.2) is 10.9 Å². The van der Waals surface area contributed by atoms with E-state index in [1.165, 1.54) is 6.07 Å². The molecule has 0 amide bonds. The van der Waals surface area contributed by atoms with E-state index in [4.69, 9.17) is 16.0 Å². The highest BCUT2D eigenvalue weighted by molar-refractivity contribution is 6.17. The minimum Gasteiger partial charge on any atom is -0.441 e. The van der Waals surface area contributed by atoms with E-state index in [-0.39, 0.29) is 5.82 Å². The van der Waals surface area contributed by atoms with Gasteiger partial charge in [-0.1, -0.05) is 24.3 Å². The maximum Gasteiger partial charge on any atom is 0.196 e. The zero-order valence-corrected chi connectivity index (χ0v) is 10.8. The molecule has 4 heteroatoms. The van der Waals surface area contributed by atoms with Crippen LogP contribution in [0.5, 0.6) is 0 Å². The van der Waals surface area contributed by atoms with Gasteiger partial charge in [-0.15, -0.1) is 11.6 Å². The summed E-state index contributed by atoms with van der Waals surface area (Å²) in [5, 5.41) is 1.39. The zero-order valence-electron chi connectivity index (χ0n) is 10.1. The number of alkyl halides is 1. The Kier molecular flexibility index (Phi) is 3.22. The maximum absolute atomic E-state index is 13.7. The maximum atomic E-state index is 13.7. The summed E-state index contributed by atoms with van der Waals surface area (Å²) in [5.41, 5.74) is 0.838. The normalized spacial score (nSPS) is 11.1. The lowest BCUT2D eigenvalue weighted by atomic mass is 10.0. The fourth-order valence-corrected chi connectivity index (χ4v) is 2.27. The van der Waals surface area contributed by atoms with Gasteiger partial charge in [0.25, 0.3) is 0 Å². The summed E-state index contributed by atoms with van der Waals surface area (Å²) >= 11 is 5.66. The van der Waals surface area contributed by atoms with Gasteiger partial charge in [0.1, 0.15) is 5.82 Å². The second-order valence-electron chi connectivity index (χ2n) is 4.20. The Hall–Kier alpha value is -1.87. The molecule has 0 aliphatic carbocycles. The Morgan fingerprint density at radius 2 is 1.89 bits per heavy atom. The summed E-state index contributed by atoms with van der Waals surface area (Å²) in [6, 6.07) is 10.5. The highest BCUT2D eigenvalue weighted by Crippen LogP contribution is 2.30. The van der Waals surface area contributed by atoms with Gasteiger partial charge in [-0.05, 0) is 17.5 Å². The molecule has 3 rings (SSSR count). The Labute approximate surface area is 114 Å². The number of aryl methyl sites for hydroxylation is 1. The minimum absolute atomic E-state index is 0.236. The molecule has 0 atom stereocenters. The van der Waals surface area contributed by atoms with E-state index in [1.54, 1.807) is 18.3 Å². The molecule has 96 valence electrons. The standard InChI is InChI=1S/C15H11ClFNO/c16-8-7-15-18-9-14(19-15)12-5-6-13(17)11-4-2-1-3-10(11)12/h1-6,9H,7-8H2. The molecule has 0 radical (unpaired) electrons. The summed E-state index contributed by atoms with van der Waals surface area (Å²) in [4.78, 5) is 4.17. The SMILES string of the molecule is Fc1ccc(-c2cnc(CCCl)o2)c2ccccc12. The van der Waals surface area contributed by atoms with Crippen molar-refractivity contribution in [2.24, 2.45) is 0 Å². The van der Waals surface area contributed by atoms with Gasteiger partial charge in [-0.2, -0.15) is 0 Å². The lowest BCUT2D eigenvalue weighted by Gasteiger charge is -2.04. The minimum atomic E-state index is -0.236. The number of hydrogen-bond donors (Lipinski definition) is 0. The van der Waals surface area contributed by atoms with Crippen molar-refractivity contribution >= 4 is 22.4 Å². The van der Waals surface area contributed by atoms with Crippen LogP contribution in [0.3, 0.4) is 0 Å². The zero-order chi connectivity index (χ0) is 13.2. The van der Waals surface area contributed by atoms with Crippen LogP contribution in [0.25, 0.3) is 22.1 Å². The van der Waals surface area contributed by atoms with Crippen molar-refractivity contribution in [3.05, 3.63) is 54.3 Å². The van der Waals surface area contributed by atoms with E-state index in [2.05, 4.69) is 4.98 Å². The van der Waals surface area contributed by atoms with Crippen LogP contribution < -0.4 is 0 Å². The fraction of sp³-hybridized carbons (Fsp3) is 0.133. The van der Waals surface area contributed by atoms with Gasteiger partial charge in [-0.25, -0.2) is 9.37 Å². The third kappa shape index (κ3) is 2.22. The van der Waals surface area contributed by atoms with Crippen LogP contribution in [0, 0.1) is 5.82 Å². The van der Waals surface area contributed by atoms with Gasteiger partial charge in [0, 0.05) is 23.3 Å². The average Bonchev–Trinajstić information content (AvgIpc) is 2.88. The second kappa shape index (κ2) is 5.02. The van der Waals surface area contributed by atoms with Gasteiger partial charge in [0.2, 0.25) is 0 Å². The van der Waals surface area contributed by atoms with Crippen molar-refractivity contribution in [3.8, 4) is 11.3 Å². The molecule has 19 heavy (non-hydrogen) atoms. The molecule has 3 aromatic rings. The Morgan fingerprint density at radius 1 is 1.11 bits per heavy atom. The monoisotopic (exact) mass is 275 g/mol. The van der Waals surface area contributed by atoms with Crippen LogP contribution in [0.2, 0.25) is 0 Å². The van der Waals surface area contributed by atoms with E-state index in [0.717, 1.165) is 10.9 Å². The highest BCUT2D eigenvalue weighted by Gasteiger charge is 2.11. The number of halogens is 2. The van der Waals surface area contributed by atoms with E-state index in [1.807, 2.05) is 18.2 Å². The Bertz CT molecular complexity index is 723. The first-order chi connectivity index (χ1) is 9.29. The van der Waals surface area contributed by atoms with Crippen LogP contribution >= 0.6 is 11.6 Å². The average molecular weight is 276 g/mol. The van der Waals surface area contributed by atoms with E-state index in [9.17, 15) is 4.39 Å². The predicted octanol–water partition coefficient (Wildman–Crippen LogP) is 4.42. The molecular weight excluding hydrogens is 265 g/mol. The third-order valence-corrected chi connectivity index (χ3v) is 3.19. The molecule has 1 aromatic heterocycles. The smallest absolute Gasteiger partial charge is 0.196 e. The number of hydrogen-bond acceptors (Lipinski definition) is 2. The van der Waals surface area contributed by atoms with Gasteiger partial charge in [0.05, 0.1) is 6.20 Å². The van der Waals surface area contributed by atoms with Gasteiger partial charge < -0.3 is 4.42 Å². The summed E-state index contributed by atoms with van der Waals surface area (Å²) in [6.07, 6.45) is 2.24. The van der Waals surface area contributed by atoms with Crippen molar-refractivity contribution in [1.82, 2.24) is 4.98 Å². The van der Waals surface area contributed by atoms with Crippen LogP contribution in [0.15, 0.2) is 47.0 Å². The van der Waals surface area contributed by atoms with Gasteiger partial charge in [0.15, 0.2) is 11.7 Å². The molecule has 1 heterocycles. The molecule has 2 aromatic carbocycles. The number of nitrogens with zero attached hydrogens (tertiary/aromatic N) is 1. The predicted molar refractivity (Wildman–Crippen MR) is 73.8 cm³/mol. The summed E-state index contributed by atoms with van der Waals surface area (Å²) in [7, 11) is 0. The van der Waals surface area contributed by atoms with Crippen molar-refractivity contribution in [1.29, 1.82) is 0 Å². The van der Waals surface area contributed by atoms with Gasteiger partial charge >= 0.3 is 0 Å². The lowest BCUT2D eigenvalue weighted by molar-refractivity contribution is 0.515. The number of oxazole rings is 1. The molecule has 0 spiro atoms. The molecule has 0 bridgehead atoms. The van der Waals surface area contributed by atoms with E-state index in [0.29, 0.717) is 29.3 Å². The topological polar surface area (TPSA) is 26.0 Å². The quantitative estimate of drug-likeness (QED) is 0.662. The molecule has 0 N–H and O–H groups in total. The highest BCUT2D eigenvalue weighted by atomic mass is 35.5. The van der Waals surface area contributed by atoms with Crippen LogP contribution in [0.1, 0.15) is 5.89 Å². The first kappa shape index (κ1) is 12.2. The molecule has 0 saturated heterocycles. The molecule has 2 nitrogen and oxygen atoms in total. The first-order valence-corrected chi connectivity index (χ1v) is 6.51. The number of rotatable bonds is 3. The molecule has 0 saturated carbocycles. The molecule has 0 aliphatic rings. The largest absolute Gasteiger partial charge is 0.441 e. The van der Waals surface area contributed by atoms with Crippen LogP contribution in [-0.2, 0) is 6.42 Å². The molecule has 0 fully saturated rings. The van der Waals surface area contributed by atoms with Crippen molar-refractivity contribution < 1.29 is 8.81 Å². The third-order valence-electron chi connectivity index (χ3n) is 3.00. The van der Waals surface area contributed by atoms with Crippen molar-refractivity contribution in [2.75, 3.05) is 5.88 Å². The first-order valence-electron chi connectivity index (χ1n) is 5.98. The van der Waals surface area contributed by atoms with E-state index < -0.39 is 0 Å². The molecule has 0 aliphatic heterocycles. The lowest BCUT2D eigenvalue weighted by Crippen LogP contribution is -1.84. The van der Waals surface area contributed by atoms with Crippen molar-refractivity contribution in [3.63, 3.8) is 0 Å². The summed E-state index contributed by atoms with van der Waals surface area (Å²) < 4.78 is 19.4. The molecule has 0 unspecified atom stereocenters. The van der Waals surface area contributed by atoms with Crippen LogP contribution in [0.4, 0.5) is 4.39 Å². The summed E-state index contributed by atoms with van der Waals surface area (Å²) in [5.74, 6) is 1.46. The molecular formula is C15H11ClFNO. The van der Waals surface area contributed by atoms with Crippen molar-refractivity contribution in [2.45, 2.75) is 6.42 Å². The second-order valence-corrected chi connectivity index (χ2v) is 4.58. The van der Waals surface area contributed by atoms with E-state index >= 15 is 0 Å². The number of benzene rings is 2. The number of aromatic nitrogens is 1. The fourth-order valence-electron chi connectivity index (χ4n) is 2.11. The Balaban J connectivity index is 2.16. The van der Waals surface area contributed by atoms with Gasteiger partial charge in [-0.3, -0.25) is 0 Å². The summed E-state index contributed by atoms with van der Waals surface area (Å²) in [6.45, 7) is 0.